The van der Waals surface area contributed by atoms with Crippen molar-refractivity contribution in [2.24, 2.45) is 0 Å². The minimum absolute atomic E-state index is 0.0569. The van der Waals surface area contributed by atoms with Crippen molar-refractivity contribution >= 4 is 11.9 Å². The van der Waals surface area contributed by atoms with E-state index in [1.54, 1.807) is 24.8 Å². The predicted octanol–water partition coefficient (Wildman–Crippen LogP) is 4.73. The number of nitrogens with zero attached hydrogens (tertiary/aromatic N) is 4. The second-order valence-corrected chi connectivity index (χ2v) is 8.58. The van der Waals surface area contributed by atoms with Crippen LogP contribution < -0.4 is 9.64 Å². The number of benzene rings is 1. The third-order valence-corrected chi connectivity index (χ3v) is 6.20. The first-order valence-electron chi connectivity index (χ1n) is 11.5. The van der Waals surface area contributed by atoms with E-state index in [0.717, 1.165) is 49.2 Å². The van der Waals surface area contributed by atoms with Gasteiger partial charge in [-0.05, 0) is 35.6 Å². The van der Waals surface area contributed by atoms with E-state index in [9.17, 15) is 4.79 Å². The minimum atomic E-state index is -0.878. The number of anilines is 1. The molecule has 0 saturated carbocycles. The molecule has 0 radical (unpaired) electrons. The average Bonchev–Trinajstić information content (AvgIpc) is 2.84. The second kappa shape index (κ2) is 10.4. The number of carboxylic acid groups (broad SMARTS) is 1. The number of rotatable bonds is 8. The lowest BCUT2D eigenvalue weighted by molar-refractivity contribution is -0.136. The van der Waals surface area contributed by atoms with Crippen LogP contribution in [-0.4, -0.2) is 45.2 Å². The Bertz CT molecular complexity index is 1080. The van der Waals surface area contributed by atoms with Gasteiger partial charge in [0.1, 0.15) is 11.9 Å². The van der Waals surface area contributed by atoms with Gasteiger partial charge in [-0.1, -0.05) is 32.0 Å². The summed E-state index contributed by atoms with van der Waals surface area (Å²) in [7, 11) is 0. The lowest BCUT2D eigenvalue weighted by Crippen LogP contribution is -2.39. The van der Waals surface area contributed by atoms with Crippen LogP contribution in [0.15, 0.2) is 55.1 Å². The molecule has 1 unspecified atom stereocenters. The zero-order chi connectivity index (χ0) is 23.2. The molecule has 4 rings (SSSR count). The molecule has 1 N–H and O–H groups in total. The quantitative estimate of drug-likeness (QED) is 0.535. The van der Waals surface area contributed by atoms with Crippen LogP contribution in [0.5, 0.6) is 5.75 Å². The van der Waals surface area contributed by atoms with Crippen molar-refractivity contribution in [3.8, 4) is 16.9 Å². The van der Waals surface area contributed by atoms with Crippen molar-refractivity contribution in [1.29, 1.82) is 0 Å². The maximum absolute atomic E-state index is 11.0. The Labute approximate surface area is 194 Å². The third-order valence-electron chi connectivity index (χ3n) is 6.20. The summed E-state index contributed by atoms with van der Waals surface area (Å²) in [5.74, 6) is 1.31. The van der Waals surface area contributed by atoms with E-state index in [2.05, 4.69) is 51.9 Å². The number of piperidine rings is 1. The summed E-state index contributed by atoms with van der Waals surface area (Å²) >= 11 is 0. The summed E-state index contributed by atoms with van der Waals surface area (Å²) in [5, 5.41) is 8.99. The molecule has 0 bridgehead atoms. The lowest BCUT2D eigenvalue weighted by Gasteiger charge is -2.32. The lowest BCUT2D eigenvalue weighted by atomic mass is 9.97. The van der Waals surface area contributed by atoms with Gasteiger partial charge < -0.3 is 14.7 Å². The molecular formula is C26H30N4O3. The highest BCUT2D eigenvalue weighted by Gasteiger charge is 2.23. The summed E-state index contributed by atoms with van der Waals surface area (Å²) in [6, 6.07) is 10.2. The van der Waals surface area contributed by atoms with Crippen LogP contribution in [0.25, 0.3) is 11.1 Å². The van der Waals surface area contributed by atoms with E-state index in [4.69, 9.17) is 9.84 Å². The number of aromatic nitrogens is 3. The molecule has 0 aliphatic carbocycles. The Hall–Kier alpha value is -3.48. The first-order chi connectivity index (χ1) is 16.0. The summed E-state index contributed by atoms with van der Waals surface area (Å²) in [6.45, 7) is 6.12. The van der Waals surface area contributed by atoms with Gasteiger partial charge in [-0.3, -0.25) is 9.78 Å². The highest BCUT2D eigenvalue weighted by molar-refractivity contribution is 5.71. The zero-order valence-electron chi connectivity index (χ0n) is 19.1. The molecule has 7 heteroatoms. The van der Waals surface area contributed by atoms with E-state index in [-0.39, 0.29) is 12.5 Å². The molecular weight excluding hydrogens is 416 g/mol. The Morgan fingerprint density at radius 1 is 1.12 bits per heavy atom. The monoisotopic (exact) mass is 446 g/mol. The normalized spacial score (nSPS) is 15.3. The van der Waals surface area contributed by atoms with Gasteiger partial charge in [0.05, 0.1) is 6.42 Å². The number of hydrogen-bond donors (Lipinski definition) is 1. The van der Waals surface area contributed by atoms with Crippen molar-refractivity contribution in [3.63, 3.8) is 0 Å². The summed E-state index contributed by atoms with van der Waals surface area (Å²) in [5.41, 5.74) is 3.56. The van der Waals surface area contributed by atoms with Crippen LogP contribution >= 0.6 is 0 Å². The van der Waals surface area contributed by atoms with Crippen molar-refractivity contribution in [2.75, 3.05) is 18.0 Å². The third kappa shape index (κ3) is 5.66. The molecule has 172 valence electrons. The number of hydrogen-bond acceptors (Lipinski definition) is 6. The van der Waals surface area contributed by atoms with Crippen molar-refractivity contribution in [1.82, 2.24) is 15.0 Å². The van der Waals surface area contributed by atoms with Crippen LogP contribution in [-0.2, 0) is 11.2 Å². The number of ether oxygens (including phenoxy) is 1. The van der Waals surface area contributed by atoms with Gasteiger partial charge in [0.2, 0.25) is 5.95 Å². The van der Waals surface area contributed by atoms with Gasteiger partial charge in [0.25, 0.3) is 0 Å². The molecule has 1 fully saturated rings. The highest BCUT2D eigenvalue weighted by atomic mass is 16.5. The number of carbonyl (C=O) groups is 1. The Morgan fingerprint density at radius 3 is 2.55 bits per heavy atom. The number of aliphatic carboxylic acids is 1. The molecule has 1 saturated heterocycles. The number of carboxylic acids is 1. The maximum atomic E-state index is 11.0. The van der Waals surface area contributed by atoms with Crippen molar-refractivity contribution in [2.45, 2.75) is 51.6 Å². The average molecular weight is 447 g/mol. The fourth-order valence-corrected chi connectivity index (χ4v) is 4.12. The van der Waals surface area contributed by atoms with Gasteiger partial charge in [0, 0.05) is 61.8 Å². The smallest absolute Gasteiger partial charge is 0.307 e. The fourth-order valence-electron chi connectivity index (χ4n) is 4.12. The molecule has 1 aromatic carbocycles. The first-order valence-corrected chi connectivity index (χ1v) is 11.5. The van der Waals surface area contributed by atoms with Gasteiger partial charge in [-0.2, -0.15) is 0 Å². The summed E-state index contributed by atoms with van der Waals surface area (Å²) in [4.78, 5) is 26.4. The van der Waals surface area contributed by atoms with Crippen LogP contribution in [0.4, 0.5) is 5.95 Å². The molecule has 1 aliphatic rings. The molecule has 3 aromatic rings. The molecule has 1 atom stereocenters. The van der Waals surface area contributed by atoms with Crippen molar-refractivity contribution < 1.29 is 14.6 Å². The van der Waals surface area contributed by atoms with Crippen molar-refractivity contribution in [3.05, 3.63) is 66.2 Å². The van der Waals surface area contributed by atoms with Gasteiger partial charge in [-0.15, -0.1) is 0 Å². The van der Waals surface area contributed by atoms with E-state index in [1.165, 1.54) is 5.56 Å². The molecule has 2 aromatic heterocycles. The Morgan fingerprint density at radius 2 is 1.85 bits per heavy atom. The molecule has 1 aliphatic heterocycles. The molecule has 3 heterocycles. The van der Waals surface area contributed by atoms with E-state index < -0.39 is 5.97 Å². The zero-order valence-corrected chi connectivity index (χ0v) is 19.1. The minimum Gasteiger partial charge on any atom is -0.490 e. The topological polar surface area (TPSA) is 88.4 Å². The van der Waals surface area contributed by atoms with Crippen LogP contribution in [0.1, 0.15) is 50.2 Å². The van der Waals surface area contributed by atoms with Gasteiger partial charge in [-0.25, -0.2) is 9.97 Å². The second-order valence-electron chi connectivity index (χ2n) is 8.58. The SMILES string of the molecule is CCC(C)c1ccccc1OC1CCN(c2ncc(-c3cncc(CC(=O)O)c3)cn2)CC1. The number of para-hydroxylation sites is 1. The summed E-state index contributed by atoms with van der Waals surface area (Å²) in [6.07, 6.45) is 9.87. The Kier molecular flexibility index (Phi) is 7.17. The van der Waals surface area contributed by atoms with Crippen LogP contribution in [0.3, 0.4) is 0 Å². The Balaban J connectivity index is 1.37. The fraction of sp³-hybridized carbons (Fsp3) is 0.385. The predicted molar refractivity (Wildman–Crippen MR) is 128 cm³/mol. The van der Waals surface area contributed by atoms with E-state index >= 15 is 0 Å². The standard InChI is InChI=1S/C26H30N4O3/c1-3-18(2)23-6-4-5-7-24(23)33-22-8-10-30(11-9-22)26-28-16-21(17-29-26)20-12-19(13-25(31)32)14-27-15-20/h4-7,12,14-18,22H,3,8-11,13H2,1-2H3,(H,31,32). The molecule has 7 nitrogen and oxygen atoms in total. The summed E-state index contributed by atoms with van der Waals surface area (Å²) < 4.78 is 6.39. The molecule has 0 amide bonds. The maximum Gasteiger partial charge on any atom is 0.307 e. The van der Waals surface area contributed by atoms with Gasteiger partial charge >= 0.3 is 5.97 Å². The highest BCUT2D eigenvalue weighted by Crippen LogP contribution is 2.31. The molecule has 0 spiro atoms. The molecule has 33 heavy (non-hydrogen) atoms. The van der Waals surface area contributed by atoms with E-state index in [0.29, 0.717) is 17.4 Å². The van der Waals surface area contributed by atoms with Crippen LogP contribution in [0.2, 0.25) is 0 Å². The van der Waals surface area contributed by atoms with E-state index in [1.807, 2.05) is 12.1 Å². The van der Waals surface area contributed by atoms with Crippen LogP contribution in [0, 0.1) is 0 Å². The van der Waals surface area contributed by atoms with Gasteiger partial charge in [0.15, 0.2) is 0 Å². The largest absolute Gasteiger partial charge is 0.490 e. The number of pyridine rings is 1. The first kappa shape index (κ1) is 22.7.